The standard InChI is InChI=1S/C54H27B2NO4/c1-3-13-28(14-4-1)44-51-34(30-17-7-9-23-40(30)58-51)25-38-53(44)60-42-27-43-47-50-46(42)55(38)36-21-11-19-32-33-20-12-22-37(49(33)57(50)48(32)36)56(47)39-26-35-31-18-8-10-24-41(31)59-52(35)45(54(39)61-43)29-15-5-2-6-16-29/h1-27H. The summed E-state index contributed by atoms with van der Waals surface area (Å²) in [5, 5.41) is 6.89. The maximum atomic E-state index is 7.43. The van der Waals surface area contributed by atoms with Crippen LogP contribution in [-0.2, 0) is 0 Å². The topological polar surface area (TPSA) is 49.7 Å². The molecule has 0 radical (unpaired) electrons. The minimum absolute atomic E-state index is 0.108. The van der Waals surface area contributed by atoms with Gasteiger partial charge in [-0.25, -0.2) is 0 Å². The molecule has 7 heterocycles. The monoisotopic (exact) mass is 775 g/mol. The molecular formula is C54H27B2NO4. The van der Waals surface area contributed by atoms with Crippen molar-refractivity contribution in [3.63, 3.8) is 0 Å². The van der Waals surface area contributed by atoms with Crippen molar-refractivity contribution in [1.29, 1.82) is 0 Å². The molecule has 0 saturated carbocycles. The Morgan fingerprint density at radius 1 is 0.377 bits per heavy atom. The first-order valence-corrected chi connectivity index (χ1v) is 21.0. The molecule has 3 aromatic heterocycles. The number of para-hydroxylation sites is 4. The molecule has 0 saturated heterocycles. The number of nitrogens with zero attached hydrogens (tertiary/aromatic N) is 1. The summed E-state index contributed by atoms with van der Waals surface area (Å²) < 4.78 is 31.0. The number of ether oxygens (including phenoxy) is 2. The first-order valence-electron chi connectivity index (χ1n) is 21.0. The first kappa shape index (κ1) is 31.1. The fourth-order valence-electron chi connectivity index (χ4n) is 11.8. The van der Waals surface area contributed by atoms with Crippen molar-refractivity contribution in [2.75, 3.05) is 0 Å². The second-order valence-electron chi connectivity index (χ2n) is 17.0. The summed E-state index contributed by atoms with van der Waals surface area (Å²) in [6, 6.07) is 58.5. The van der Waals surface area contributed by atoms with Crippen LogP contribution in [0.1, 0.15) is 0 Å². The molecule has 0 spiro atoms. The van der Waals surface area contributed by atoms with Crippen LogP contribution in [0, 0.1) is 0 Å². The zero-order valence-electron chi connectivity index (χ0n) is 32.3. The van der Waals surface area contributed by atoms with Crippen LogP contribution in [0.4, 0.5) is 0 Å². The van der Waals surface area contributed by atoms with Gasteiger partial charge in [0.1, 0.15) is 45.3 Å². The van der Waals surface area contributed by atoms with Crippen LogP contribution in [0.15, 0.2) is 173 Å². The van der Waals surface area contributed by atoms with Crippen molar-refractivity contribution in [2.24, 2.45) is 0 Å². The summed E-state index contributed by atoms with van der Waals surface area (Å²) in [7, 11) is 0. The van der Waals surface area contributed by atoms with Crippen LogP contribution in [0.2, 0.25) is 0 Å². The third-order valence-corrected chi connectivity index (χ3v) is 14.1. The van der Waals surface area contributed by atoms with Crippen molar-refractivity contribution < 1.29 is 18.3 Å². The Bertz CT molecular complexity index is 3760. The molecule has 0 fully saturated rings. The summed E-state index contributed by atoms with van der Waals surface area (Å²) in [6.07, 6.45) is 0. The molecule has 9 aromatic carbocycles. The highest BCUT2D eigenvalue weighted by atomic mass is 16.5. The lowest BCUT2D eigenvalue weighted by molar-refractivity contribution is 0.466. The molecule has 0 N–H and O–H groups in total. The molecular weight excluding hydrogens is 748 g/mol. The summed E-state index contributed by atoms with van der Waals surface area (Å²) in [4.78, 5) is 0. The summed E-state index contributed by atoms with van der Waals surface area (Å²) in [6.45, 7) is -0.215. The molecule has 278 valence electrons. The fraction of sp³-hybridized carbons (Fsp3) is 0. The van der Waals surface area contributed by atoms with E-state index in [1.54, 1.807) is 0 Å². The molecule has 4 aliphatic rings. The lowest BCUT2D eigenvalue weighted by Gasteiger charge is -2.41. The third-order valence-electron chi connectivity index (χ3n) is 14.1. The van der Waals surface area contributed by atoms with Crippen molar-refractivity contribution in [2.45, 2.75) is 0 Å². The van der Waals surface area contributed by atoms with Gasteiger partial charge in [0.15, 0.2) is 0 Å². The lowest BCUT2D eigenvalue weighted by atomic mass is 9.30. The van der Waals surface area contributed by atoms with Crippen molar-refractivity contribution in [3.05, 3.63) is 164 Å². The maximum absolute atomic E-state index is 7.43. The molecule has 0 amide bonds. The Morgan fingerprint density at radius 2 is 0.820 bits per heavy atom. The molecule has 61 heavy (non-hydrogen) atoms. The van der Waals surface area contributed by atoms with Gasteiger partial charge in [-0.1, -0.05) is 146 Å². The van der Waals surface area contributed by atoms with E-state index in [0.29, 0.717) is 0 Å². The van der Waals surface area contributed by atoms with Gasteiger partial charge < -0.3 is 22.9 Å². The van der Waals surface area contributed by atoms with E-state index in [2.05, 4.69) is 156 Å². The highest BCUT2D eigenvalue weighted by molar-refractivity contribution is 7.03. The number of rotatable bonds is 2. The van der Waals surface area contributed by atoms with Gasteiger partial charge in [0, 0.05) is 55.1 Å². The predicted octanol–water partition coefficient (Wildman–Crippen LogP) is 9.79. The van der Waals surface area contributed by atoms with Crippen molar-refractivity contribution in [1.82, 2.24) is 4.57 Å². The maximum Gasteiger partial charge on any atom is 0.256 e. The Hall–Kier alpha value is -7.89. The largest absolute Gasteiger partial charge is 0.457 e. The van der Waals surface area contributed by atoms with Crippen molar-refractivity contribution in [3.8, 4) is 50.9 Å². The minimum Gasteiger partial charge on any atom is -0.457 e. The molecule has 0 unspecified atom stereocenters. The van der Waals surface area contributed by atoms with E-state index in [4.69, 9.17) is 18.3 Å². The Morgan fingerprint density at radius 3 is 1.31 bits per heavy atom. The van der Waals surface area contributed by atoms with Crippen LogP contribution in [0.5, 0.6) is 23.0 Å². The smallest absolute Gasteiger partial charge is 0.256 e. The molecule has 12 aromatic rings. The summed E-state index contributed by atoms with van der Waals surface area (Å²) in [5.41, 5.74) is 18.3. The van der Waals surface area contributed by atoms with Gasteiger partial charge in [0.05, 0.1) is 11.1 Å². The lowest BCUT2D eigenvalue weighted by Crippen LogP contribution is -2.65. The molecule has 7 heteroatoms. The van der Waals surface area contributed by atoms with E-state index in [1.165, 1.54) is 49.3 Å². The Kier molecular flexibility index (Phi) is 5.42. The molecule has 5 nitrogen and oxygen atoms in total. The van der Waals surface area contributed by atoms with Crippen LogP contribution in [0.3, 0.4) is 0 Å². The number of furan rings is 2. The van der Waals surface area contributed by atoms with E-state index in [1.807, 2.05) is 12.1 Å². The van der Waals surface area contributed by atoms with E-state index in [9.17, 15) is 0 Å². The molecule has 0 bridgehead atoms. The van der Waals surface area contributed by atoms with Crippen LogP contribution in [0.25, 0.3) is 93.6 Å². The molecule has 0 atom stereocenters. The second-order valence-corrected chi connectivity index (χ2v) is 17.0. The van der Waals surface area contributed by atoms with E-state index in [-0.39, 0.29) is 13.4 Å². The number of hydrogen-bond donors (Lipinski definition) is 0. The average Bonchev–Trinajstić information content (AvgIpc) is 3.99. The Balaban J connectivity index is 1.08. The zero-order chi connectivity index (χ0) is 39.2. The quantitative estimate of drug-likeness (QED) is 0.164. The van der Waals surface area contributed by atoms with Gasteiger partial charge in [-0.15, -0.1) is 0 Å². The number of benzene rings is 9. The average molecular weight is 775 g/mol. The highest BCUT2D eigenvalue weighted by Gasteiger charge is 2.50. The normalized spacial score (nSPS) is 13.8. The van der Waals surface area contributed by atoms with Gasteiger partial charge >= 0.3 is 0 Å². The van der Waals surface area contributed by atoms with E-state index < -0.39 is 0 Å². The van der Waals surface area contributed by atoms with Crippen LogP contribution < -0.4 is 42.3 Å². The number of hydrogen-bond acceptors (Lipinski definition) is 4. The van der Waals surface area contributed by atoms with Crippen molar-refractivity contribution >= 4 is 112 Å². The summed E-state index contributed by atoms with van der Waals surface area (Å²) >= 11 is 0. The number of aromatic nitrogens is 1. The van der Waals surface area contributed by atoms with Crippen LogP contribution >= 0.6 is 0 Å². The van der Waals surface area contributed by atoms with E-state index >= 15 is 0 Å². The minimum atomic E-state index is -0.108. The first-order chi connectivity index (χ1) is 30.3. The van der Waals surface area contributed by atoms with Gasteiger partial charge in [-0.05, 0) is 56.0 Å². The second kappa shape index (κ2) is 10.6. The van der Waals surface area contributed by atoms with Gasteiger partial charge in [0.25, 0.3) is 13.4 Å². The zero-order valence-corrected chi connectivity index (χ0v) is 32.3. The molecule has 16 rings (SSSR count). The van der Waals surface area contributed by atoms with E-state index in [0.717, 1.165) is 100 Å². The predicted molar refractivity (Wildman–Crippen MR) is 249 cm³/mol. The molecule has 4 aliphatic heterocycles. The SMILES string of the molecule is c1ccc(-c2c3c(cc4c2oc2ccccc24)B2c4c(cc5c6c4-n4c7c2cccc7c2cccc(c24)B6c2cc4c(oc6ccccc64)c(-c4ccccc4)c2O5)O3)cc1. The third kappa shape index (κ3) is 3.62. The highest BCUT2D eigenvalue weighted by Crippen LogP contribution is 2.49. The van der Waals surface area contributed by atoms with Crippen LogP contribution in [-0.4, -0.2) is 18.0 Å². The fourth-order valence-corrected chi connectivity index (χ4v) is 11.8. The van der Waals surface area contributed by atoms with Gasteiger partial charge in [-0.2, -0.15) is 0 Å². The van der Waals surface area contributed by atoms with Gasteiger partial charge in [-0.3, -0.25) is 0 Å². The number of fused-ring (bicyclic) bond motifs is 13. The Labute approximate surface area is 348 Å². The molecule has 0 aliphatic carbocycles. The summed E-state index contributed by atoms with van der Waals surface area (Å²) in [5.74, 6) is 3.25. The van der Waals surface area contributed by atoms with Gasteiger partial charge in [0.2, 0.25) is 0 Å².